The van der Waals surface area contributed by atoms with Crippen LogP contribution in [0.15, 0.2) is 66.7 Å². The molecule has 4 rings (SSSR count). The van der Waals surface area contributed by atoms with Crippen molar-refractivity contribution in [3.63, 3.8) is 0 Å². The van der Waals surface area contributed by atoms with Gasteiger partial charge in [0.15, 0.2) is 0 Å². The van der Waals surface area contributed by atoms with E-state index in [-0.39, 0.29) is 20.1 Å². The summed E-state index contributed by atoms with van der Waals surface area (Å²) in [6, 6.07) is 26.2. The zero-order valence-corrected chi connectivity index (χ0v) is 14.5. The molecule has 0 aliphatic carbocycles. The monoisotopic (exact) mass is 461 g/mol. The molecule has 2 heteroatoms. The Labute approximate surface area is 143 Å². The van der Waals surface area contributed by atoms with Crippen molar-refractivity contribution in [2.45, 2.75) is 6.92 Å². The van der Waals surface area contributed by atoms with Crippen LogP contribution >= 0.6 is 0 Å². The molecule has 109 valence electrons. The minimum absolute atomic E-state index is 0. The van der Waals surface area contributed by atoms with Crippen LogP contribution in [-0.2, 0) is 20.1 Å². The first-order valence-corrected chi connectivity index (χ1v) is 7.09. The zero-order chi connectivity index (χ0) is 14.2. The van der Waals surface area contributed by atoms with Crippen LogP contribution in [0.2, 0.25) is 0 Å². The molecule has 4 aromatic rings. The van der Waals surface area contributed by atoms with Crippen molar-refractivity contribution in [2.75, 3.05) is 0 Å². The van der Waals surface area contributed by atoms with Crippen molar-refractivity contribution in [3.05, 3.63) is 78.4 Å². The van der Waals surface area contributed by atoms with E-state index in [2.05, 4.69) is 67.6 Å². The minimum Gasteiger partial charge on any atom is -0.296 e. The van der Waals surface area contributed by atoms with E-state index >= 15 is 0 Å². The van der Waals surface area contributed by atoms with Crippen LogP contribution in [0.3, 0.4) is 0 Å². The summed E-state index contributed by atoms with van der Waals surface area (Å²) in [7, 11) is 0. The van der Waals surface area contributed by atoms with Crippen LogP contribution in [0.4, 0.5) is 0 Å². The van der Waals surface area contributed by atoms with Gasteiger partial charge in [0.25, 0.3) is 0 Å². The largest absolute Gasteiger partial charge is 0.296 e. The second kappa shape index (κ2) is 6.00. The second-order valence-electron chi connectivity index (χ2n) is 5.28. The van der Waals surface area contributed by atoms with E-state index in [1.807, 2.05) is 12.1 Å². The average molecular weight is 461 g/mol. The maximum atomic E-state index is 4.83. The van der Waals surface area contributed by atoms with Gasteiger partial charge in [-0.3, -0.25) is 4.98 Å². The Hall–Kier alpha value is -2.02. The van der Waals surface area contributed by atoms with Gasteiger partial charge in [-0.15, -0.1) is 29.1 Å². The summed E-state index contributed by atoms with van der Waals surface area (Å²) in [5, 5.41) is 3.63. The molecule has 1 aromatic heterocycles. The fourth-order valence-electron chi connectivity index (χ4n) is 2.85. The molecule has 3 aromatic carbocycles. The Morgan fingerprint density at radius 1 is 0.864 bits per heavy atom. The summed E-state index contributed by atoms with van der Waals surface area (Å²) >= 11 is 0. The molecule has 0 amide bonds. The summed E-state index contributed by atoms with van der Waals surface area (Å²) in [6.07, 6.45) is 0. The van der Waals surface area contributed by atoms with E-state index in [1.54, 1.807) is 0 Å². The van der Waals surface area contributed by atoms with Crippen LogP contribution in [0.5, 0.6) is 0 Å². The molecule has 0 bridgehead atoms. The van der Waals surface area contributed by atoms with Gasteiger partial charge >= 0.3 is 0 Å². The number of hydrogen-bond acceptors (Lipinski definition) is 1. The van der Waals surface area contributed by atoms with Crippen molar-refractivity contribution in [3.8, 4) is 11.3 Å². The van der Waals surface area contributed by atoms with Crippen molar-refractivity contribution in [2.24, 2.45) is 0 Å². The molecular weight excluding hydrogens is 446 g/mol. The van der Waals surface area contributed by atoms with Gasteiger partial charge in [-0.1, -0.05) is 53.9 Å². The zero-order valence-electron chi connectivity index (χ0n) is 12.1. The molecule has 0 unspecified atom stereocenters. The quantitative estimate of drug-likeness (QED) is 0.358. The maximum Gasteiger partial charge on any atom is 0.0597 e. The molecule has 0 fully saturated rings. The van der Waals surface area contributed by atoms with Gasteiger partial charge in [-0.05, 0) is 24.2 Å². The number of fused-ring (bicyclic) bond motifs is 2. The Bertz CT molecular complexity index is 955. The smallest absolute Gasteiger partial charge is 0.0597 e. The fourth-order valence-corrected chi connectivity index (χ4v) is 2.85. The first-order valence-electron chi connectivity index (χ1n) is 7.09. The standard InChI is InChI=1S/C20H14N.Ir/c1-14-13-20(21-19-12-5-4-9-16(14)19)18-11-6-8-15-7-2-3-10-17(15)18;/h2-10,12-13H,1H3;/q-1;. The molecule has 0 saturated carbocycles. The summed E-state index contributed by atoms with van der Waals surface area (Å²) < 4.78 is 0. The molecule has 0 atom stereocenters. The number of benzene rings is 3. The van der Waals surface area contributed by atoms with Gasteiger partial charge in [0.2, 0.25) is 0 Å². The Morgan fingerprint density at radius 3 is 2.45 bits per heavy atom. The van der Waals surface area contributed by atoms with Gasteiger partial charge in [-0.2, -0.15) is 0 Å². The number of nitrogens with zero attached hydrogens (tertiary/aromatic N) is 1. The fraction of sp³-hybridized carbons (Fsp3) is 0.0500. The van der Waals surface area contributed by atoms with Crippen LogP contribution in [0.1, 0.15) is 5.56 Å². The van der Waals surface area contributed by atoms with E-state index in [4.69, 9.17) is 4.98 Å². The van der Waals surface area contributed by atoms with Crippen molar-refractivity contribution < 1.29 is 20.1 Å². The summed E-state index contributed by atoms with van der Waals surface area (Å²) in [6.45, 7) is 2.14. The average Bonchev–Trinajstić information content (AvgIpc) is 2.54. The predicted molar refractivity (Wildman–Crippen MR) is 88.3 cm³/mol. The number of hydrogen-bond donors (Lipinski definition) is 0. The van der Waals surface area contributed by atoms with Gasteiger partial charge in [0.05, 0.1) is 5.52 Å². The van der Waals surface area contributed by atoms with E-state index in [0.29, 0.717) is 0 Å². The Balaban J connectivity index is 0.00000144. The second-order valence-corrected chi connectivity index (χ2v) is 5.28. The normalized spacial score (nSPS) is 10.6. The number of pyridine rings is 1. The summed E-state index contributed by atoms with van der Waals surface area (Å²) in [5.41, 5.74) is 4.34. The SMILES string of the molecule is Cc1cc(-c2[c-]ccc3ccccc23)nc2ccccc12.[Ir]. The van der Waals surface area contributed by atoms with Gasteiger partial charge in [0.1, 0.15) is 0 Å². The van der Waals surface area contributed by atoms with Gasteiger partial charge in [0, 0.05) is 25.5 Å². The van der Waals surface area contributed by atoms with Crippen LogP contribution in [0.25, 0.3) is 32.9 Å². The number of para-hydroxylation sites is 1. The van der Waals surface area contributed by atoms with Crippen molar-refractivity contribution in [1.29, 1.82) is 0 Å². The summed E-state index contributed by atoms with van der Waals surface area (Å²) in [4.78, 5) is 4.83. The maximum absolute atomic E-state index is 4.83. The van der Waals surface area contributed by atoms with E-state index in [1.165, 1.54) is 21.7 Å². The third-order valence-electron chi connectivity index (χ3n) is 3.90. The molecule has 0 aliphatic heterocycles. The van der Waals surface area contributed by atoms with E-state index in [0.717, 1.165) is 16.8 Å². The molecular formula is C20H14IrN-. The van der Waals surface area contributed by atoms with Crippen LogP contribution in [0, 0.1) is 13.0 Å². The first-order chi connectivity index (χ1) is 10.3. The first kappa shape index (κ1) is 14.9. The third-order valence-corrected chi connectivity index (χ3v) is 3.90. The van der Waals surface area contributed by atoms with Gasteiger partial charge in [-0.25, -0.2) is 0 Å². The third kappa shape index (κ3) is 2.45. The van der Waals surface area contributed by atoms with E-state index < -0.39 is 0 Å². The minimum atomic E-state index is 0. The Morgan fingerprint density at radius 2 is 1.59 bits per heavy atom. The molecule has 1 radical (unpaired) electrons. The molecule has 1 nitrogen and oxygen atoms in total. The van der Waals surface area contributed by atoms with Crippen LogP contribution < -0.4 is 0 Å². The van der Waals surface area contributed by atoms with Crippen LogP contribution in [-0.4, -0.2) is 4.98 Å². The summed E-state index contributed by atoms with van der Waals surface area (Å²) in [5.74, 6) is 0. The van der Waals surface area contributed by atoms with E-state index in [9.17, 15) is 0 Å². The van der Waals surface area contributed by atoms with Crippen molar-refractivity contribution in [1.82, 2.24) is 4.98 Å². The molecule has 0 saturated heterocycles. The molecule has 0 aliphatic rings. The molecule has 22 heavy (non-hydrogen) atoms. The number of aryl methyl sites for hydroxylation is 1. The Kier molecular flexibility index (Phi) is 4.06. The molecule has 0 spiro atoms. The van der Waals surface area contributed by atoms with Crippen molar-refractivity contribution >= 4 is 21.7 Å². The topological polar surface area (TPSA) is 12.9 Å². The number of aromatic nitrogens is 1. The number of rotatable bonds is 1. The predicted octanol–water partition coefficient (Wildman–Crippen LogP) is 5.16. The molecule has 1 heterocycles. The van der Waals surface area contributed by atoms with Gasteiger partial charge < -0.3 is 0 Å². The molecule has 0 N–H and O–H groups in total.